The lowest BCUT2D eigenvalue weighted by Crippen LogP contribution is -2.44. The van der Waals surface area contributed by atoms with Gasteiger partial charge in [-0.25, -0.2) is 8.42 Å². The van der Waals surface area contributed by atoms with Gasteiger partial charge in [0, 0.05) is 28.5 Å². The Morgan fingerprint density at radius 3 is 1.85 bits per heavy atom. The second-order valence-electron chi connectivity index (χ2n) is 13.1. The molecule has 0 aromatic heterocycles. The minimum absolute atomic E-state index is 0.105. The molecular formula is C40H35O6S-. The molecule has 47 heavy (non-hydrogen) atoms. The Morgan fingerprint density at radius 2 is 1.23 bits per heavy atom. The molecule has 0 aliphatic heterocycles. The van der Waals surface area contributed by atoms with Gasteiger partial charge < -0.3 is 14.0 Å². The fourth-order valence-corrected chi connectivity index (χ4v) is 9.29. The summed E-state index contributed by atoms with van der Waals surface area (Å²) in [4.78, 5) is 14.6. The lowest BCUT2D eigenvalue weighted by Gasteiger charge is -2.50. The maximum atomic E-state index is 14.9. The number of rotatable bonds is 6. The van der Waals surface area contributed by atoms with E-state index in [2.05, 4.69) is 42.5 Å². The minimum Gasteiger partial charge on any atom is -0.744 e. The molecule has 9 rings (SSSR count). The van der Waals surface area contributed by atoms with E-state index in [0.717, 1.165) is 48.1 Å². The molecular weight excluding hydrogens is 609 g/mol. The van der Waals surface area contributed by atoms with Crippen molar-refractivity contribution in [1.29, 1.82) is 0 Å². The zero-order valence-electron chi connectivity index (χ0n) is 26.1. The van der Waals surface area contributed by atoms with E-state index in [1.165, 1.54) is 23.6 Å². The summed E-state index contributed by atoms with van der Waals surface area (Å²) in [5.74, 6) is -0.547. The van der Waals surface area contributed by atoms with Gasteiger partial charge in [-0.3, -0.25) is 4.79 Å². The van der Waals surface area contributed by atoms with Crippen molar-refractivity contribution >= 4 is 26.9 Å². The van der Waals surface area contributed by atoms with Crippen LogP contribution in [-0.2, 0) is 14.9 Å². The molecule has 238 valence electrons. The normalized spacial score (nSPS) is 22.0. The van der Waals surface area contributed by atoms with Crippen molar-refractivity contribution < 1.29 is 27.2 Å². The van der Waals surface area contributed by atoms with E-state index >= 15 is 0 Å². The van der Waals surface area contributed by atoms with Crippen LogP contribution in [0.5, 0.6) is 11.5 Å². The van der Waals surface area contributed by atoms with Gasteiger partial charge in [0.05, 0.1) is 16.9 Å². The van der Waals surface area contributed by atoms with Crippen LogP contribution in [0.3, 0.4) is 0 Å². The van der Waals surface area contributed by atoms with E-state index in [-0.39, 0.29) is 39.9 Å². The molecule has 0 saturated heterocycles. The summed E-state index contributed by atoms with van der Waals surface area (Å²) < 4.78 is 49.8. The fourth-order valence-electron chi connectivity index (χ4n) is 8.52. The molecule has 6 nitrogen and oxygen atoms in total. The minimum atomic E-state index is -4.76. The summed E-state index contributed by atoms with van der Waals surface area (Å²) in [6, 6.07) is 33.0. The van der Waals surface area contributed by atoms with Crippen LogP contribution in [0.2, 0.25) is 0 Å². The number of hydrogen-bond donors (Lipinski definition) is 0. The van der Waals surface area contributed by atoms with E-state index in [4.69, 9.17) is 9.47 Å². The molecule has 4 aliphatic rings. The van der Waals surface area contributed by atoms with Crippen molar-refractivity contribution in [1.82, 2.24) is 0 Å². The Labute approximate surface area is 275 Å². The predicted molar refractivity (Wildman–Crippen MR) is 179 cm³/mol. The molecule has 1 fully saturated rings. The largest absolute Gasteiger partial charge is 0.744 e. The summed E-state index contributed by atoms with van der Waals surface area (Å²) in [6.45, 7) is 1.67. The Hall–Kier alpha value is -4.46. The van der Waals surface area contributed by atoms with Crippen LogP contribution < -0.4 is 9.47 Å². The van der Waals surface area contributed by atoms with Crippen LogP contribution in [0.15, 0.2) is 108 Å². The van der Waals surface area contributed by atoms with E-state index in [0.29, 0.717) is 10.9 Å². The number of hydrogen-bond acceptors (Lipinski definition) is 6. The maximum absolute atomic E-state index is 14.9. The van der Waals surface area contributed by atoms with Crippen LogP contribution in [0.25, 0.3) is 10.8 Å². The summed E-state index contributed by atoms with van der Waals surface area (Å²) in [5, 5.41) is 0.647. The highest BCUT2D eigenvalue weighted by molar-refractivity contribution is 7.86. The van der Waals surface area contributed by atoms with Crippen molar-refractivity contribution in [3.8, 4) is 11.5 Å². The highest BCUT2D eigenvalue weighted by atomic mass is 32.2. The number of para-hydroxylation sites is 1. The van der Waals surface area contributed by atoms with Crippen molar-refractivity contribution in [2.75, 3.05) is 0 Å². The highest BCUT2D eigenvalue weighted by Crippen LogP contribution is 2.63. The molecule has 4 aliphatic carbocycles. The van der Waals surface area contributed by atoms with E-state index in [1.807, 2.05) is 30.3 Å². The Morgan fingerprint density at radius 1 is 0.702 bits per heavy atom. The smallest absolute Gasteiger partial charge is 0.315 e. The van der Waals surface area contributed by atoms with Crippen LogP contribution in [0, 0.1) is 12.8 Å². The summed E-state index contributed by atoms with van der Waals surface area (Å²) in [7, 11) is -4.76. The third-order valence-corrected chi connectivity index (χ3v) is 11.3. The number of esters is 1. The van der Waals surface area contributed by atoms with Crippen LogP contribution >= 0.6 is 0 Å². The number of carbonyl (C=O) groups is 1. The zero-order valence-corrected chi connectivity index (χ0v) is 26.9. The number of aryl methyl sites for hydroxylation is 1. The summed E-state index contributed by atoms with van der Waals surface area (Å²) >= 11 is 0. The van der Waals surface area contributed by atoms with Crippen molar-refractivity contribution in [3.05, 3.63) is 137 Å². The molecule has 0 spiro atoms. The number of benzene rings is 5. The molecule has 5 aromatic carbocycles. The SMILES string of the molecule is Cc1cc(S(=O)(=O)[O-])c2ccccc2c1OC(=O)C1C2c3ccccc3C(c3ccccc32)C1c1ccccc1OC1CCCCC1. The second-order valence-corrected chi connectivity index (χ2v) is 14.5. The molecule has 2 unspecified atom stereocenters. The fraction of sp³-hybridized carbons (Fsp3) is 0.275. The van der Waals surface area contributed by atoms with Crippen LogP contribution in [-0.4, -0.2) is 25.0 Å². The molecule has 5 aromatic rings. The third kappa shape index (κ3) is 5.04. The van der Waals surface area contributed by atoms with Gasteiger partial charge >= 0.3 is 5.97 Å². The quantitative estimate of drug-likeness (QED) is 0.105. The average molecular weight is 644 g/mol. The first kappa shape index (κ1) is 29.9. The first-order chi connectivity index (χ1) is 22.8. The predicted octanol–water partition coefficient (Wildman–Crippen LogP) is 8.36. The Bertz CT molecular complexity index is 2080. The van der Waals surface area contributed by atoms with Gasteiger partial charge in [-0.2, -0.15) is 0 Å². The third-order valence-electron chi connectivity index (χ3n) is 10.4. The number of fused-ring (bicyclic) bond motifs is 2. The molecule has 0 heterocycles. The average Bonchev–Trinajstić information content (AvgIpc) is 3.09. The van der Waals surface area contributed by atoms with E-state index < -0.39 is 22.0 Å². The Balaban J connectivity index is 1.30. The maximum Gasteiger partial charge on any atom is 0.315 e. The number of ether oxygens (including phenoxy) is 2. The van der Waals surface area contributed by atoms with Gasteiger partial charge in [-0.1, -0.05) is 97.4 Å². The van der Waals surface area contributed by atoms with Crippen LogP contribution in [0.4, 0.5) is 0 Å². The van der Waals surface area contributed by atoms with Crippen LogP contribution in [0.1, 0.15) is 83.2 Å². The van der Waals surface area contributed by atoms with Gasteiger partial charge in [0.2, 0.25) is 0 Å². The van der Waals surface area contributed by atoms with Gasteiger partial charge in [0.15, 0.2) is 0 Å². The van der Waals surface area contributed by atoms with Gasteiger partial charge in [0.25, 0.3) is 0 Å². The molecule has 1 saturated carbocycles. The van der Waals surface area contributed by atoms with Crippen molar-refractivity contribution in [2.24, 2.45) is 5.92 Å². The molecule has 2 atom stereocenters. The molecule has 2 bridgehead atoms. The summed E-state index contributed by atoms with van der Waals surface area (Å²) in [5.41, 5.74) is 6.07. The highest BCUT2D eigenvalue weighted by Gasteiger charge is 2.54. The van der Waals surface area contributed by atoms with Gasteiger partial charge in [0.1, 0.15) is 21.6 Å². The lowest BCUT2D eigenvalue weighted by molar-refractivity contribution is -0.141. The van der Waals surface area contributed by atoms with Gasteiger partial charge in [-0.05, 0) is 78.1 Å². The summed E-state index contributed by atoms with van der Waals surface area (Å²) in [6.07, 6.45) is 5.70. The molecule has 0 N–H and O–H groups in total. The molecule has 0 amide bonds. The van der Waals surface area contributed by atoms with E-state index in [1.54, 1.807) is 31.2 Å². The lowest BCUT2D eigenvalue weighted by atomic mass is 9.52. The number of carbonyl (C=O) groups excluding carboxylic acids is 1. The van der Waals surface area contributed by atoms with E-state index in [9.17, 15) is 17.8 Å². The monoisotopic (exact) mass is 643 g/mol. The zero-order chi connectivity index (χ0) is 32.3. The van der Waals surface area contributed by atoms with Gasteiger partial charge in [-0.15, -0.1) is 0 Å². The second kappa shape index (κ2) is 11.7. The first-order valence-corrected chi connectivity index (χ1v) is 17.8. The molecule has 7 heteroatoms. The topological polar surface area (TPSA) is 92.7 Å². The standard InChI is InChI=1S/C40H36O6S/c1-24-23-34(47(42,43)44)26-15-5-10-20-31(26)39(24)46-40(41)38-36-29-18-8-6-16-27(29)35(28-17-7-9-19-30(28)36)37(38)32-21-11-12-22-33(32)45-25-13-3-2-4-14-25/h5-12,15-23,25,35-38H,2-4,13-14H2,1H3,(H,42,43,44)/p-1. The Kier molecular flexibility index (Phi) is 7.42. The van der Waals surface area contributed by atoms with Crippen molar-refractivity contribution in [2.45, 2.75) is 67.8 Å². The molecule has 0 radical (unpaired) electrons. The first-order valence-electron chi connectivity index (χ1n) is 16.4. The van der Waals surface area contributed by atoms with Crippen molar-refractivity contribution in [3.63, 3.8) is 0 Å².